The van der Waals surface area contributed by atoms with E-state index in [1.165, 1.54) is 11.3 Å². The molecule has 11 heteroatoms. The van der Waals surface area contributed by atoms with Crippen molar-refractivity contribution in [2.24, 2.45) is 4.99 Å². The number of carbonyl (C=O) groups excluding carboxylic acids is 2. The van der Waals surface area contributed by atoms with Crippen LogP contribution < -0.4 is 20.3 Å². The molecule has 0 spiro atoms. The fourth-order valence-electron chi connectivity index (χ4n) is 4.28. The van der Waals surface area contributed by atoms with Gasteiger partial charge in [-0.05, 0) is 59.1 Å². The van der Waals surface area contributed by atoms with Gasteiger partial charge in [-0.1, -0.05) is 35.8 Å². The van der Waals surface area contributed by atoms with Crippen LogP contribution in [0.2, 0.25) is 5.02 Å². The zero-order chi connectivity index (χ0) is 24.1. The Labute approximate surface area is 215 Å². The number of hydrogen-bond acceptors (Lipinski definition) is 6. The molecule has 1 aromatic heterocycles. The van der Waals surface area contributed by atoms with Gasteiger partial charge >= 0.3 is 6.09 Å². The summed E-state index contributed by atoms with van der Waals surface area (Å²) in [5.74, 6) is 0.624. The van der Waals surface area contributed by atoms with Crippen LogP contribution in [0.1, 0.15) is 32.1 Å². The van der Waals surface area contributed by atoms with E-state index in [1.807, 2.05) is 17.0 Å². The number of thiophene rings is 1. The summed E-state index contributed by atoms with van der Waals surface area (Å²) in [6.07, 6.45) is 2.82. The Morgan fingerprint density at radius 2 is 2.03 bits per heavy atom. The van der Waals surface area contributed by atoms with E-state index in [0.717, 1.165) is 28.2 Å². The minimum atomic E-state index is -1.03. The van der Waals surface area contributed by atoms with Crippen molar-refractivity contribution in [3.63, 3.8) is 0 Å². The summed E-state index contributed by atoms with van der Waals surface area (Å²) in [5, 5.41) is 6.70. The monoisotopic (exact) mass is 568 g/mol. The third-order valence-electron chi connectivity index (χ3n) is 5.97. The topological polar surface area (TPSA) is 92.3 Å². The summed E-state index contributed by atoms with van der Waals surface area (Å²) in [7, 11) is 1.76. The van der Waals surface area contributed by atoms with Crippen LogP contribution >= 0.6 is 38.9 Å². The van der Waals surface area contributed by atoms with Crippen molar-refractivity contribution in [1.29, 1.82) is 0 Å². The van der Waals surface area contributed by atoms with Gasteiger partial charge in [0.2, 0.25) is 5.91 Å². The fourth-order valence-corrected chi connectivity index (χ4v) is 5.76. The Kier molecular flexibility index (Phi) is 8.13. The molecule has 2 N–H and O–H groups in total. The molecule has 1 aliphatic carbocycles. The first kappa shape index (κ1) is 25.0. The molecule has 0 radical (unpaired) electrons. The summed E-state index contributed by atoms with van der Waals surface area (Å²) in [4.78, 5) is 32.2. The Bertz CT molecular complexity index is 1090. The number of aliphatic imine (C=N–C) groups is 1. The van der Waals surface area contributed by atoms with Gasteiger partial charge in [-0.15, -0.1) is 0 Å². The molecular formula is C23H26BrClN4O4S. The molecule has 0 unspecified atom stereocenters. The summed E-state index contributed by atoms with van der Waals surface area (Å²) in [6, 6.07) is 8.89. The van der Waals surface area contributed by atoms with E-state index >= 15 is 0 Å². The van der Waals surface area contributed by atoms with E-state index < -0.39 is 11.6 Å². The highest BCUT2D eigenvalue weighted by molar-refractivity contribution is 9.11. The third kappa shape index (κ3) is 5.73. The summed E-state index contributed by atoms with van der Waals surface area (Å²) in [5.41, 5.74) is 0.342. The van der Waals surface area contributed by atoms with Crippen LogP contribution in [-0.2, 0) is 9.53 Å². The smallest absolute Gasteiger partial charge is 0.399 e. The predicted octanol–water partition coefficient (Wildman–Crippen LogP) is 5.46. The van der Waals surface area contributed by atoms with Gasteiger partial charge in [-0.3, -0.25) is 9.79 Å². The average molecular weight is 570 g/mol. The SMILES string of the molecule is CN=C1CCOCCN1c1ccc(NC(=O)C2(NC(=O)Oc3ccc(Br)s3)CCCC2)cc1Cl. The third-order valence-corrected chi connectivity index (χ3v) is 7.77. The second-order valence-electron chi connectivity index (χ2n) is 8.14. The highest BCUT2D eigenvalue weighted by Crippen LogP contribution is 2.34. The standard InChI is InChI=1S/C23H26BrClN4O4S/c1-26-19-8-12-32-13-11-29(19)17-5-4-15(14-16(17)25)27-21(30)23(9-2-3-10-23)28-22(31)33-20-7-6-18(24)34-20/h4-7,14H,2-3,8-13H2,1H3,(H,27,30)(H,28,31). The second-order valence-corrected chi connectivity index (χ2v) is 11.0. The average Bonchev–Trinajstić information content (AvgIpc) is 3.37. The number of anilines is 2. The van der Waals surface area contributed by atoms with Gasteiger partial charge in [0, 0.05) is 25.7 Å². The van der Waals surface area contributed by atoms with Crippen LogP contribution in [-0.4, -0.2) is 50.2 Å². The normalized spacial score (nSPS) is 19.0. The van der Waals surface area contributed by atoms with Crippen LogP contribution in [0.25, 0.3) is 0 Å². The summed E-state index contributed by atoms with van der Waals surface area (Å²) in [6.45, 7) is 1.85. The maximum atomic E-state index is 13.3. The number of benzene rings is 1. The number of nitrogens with zero attached hydrogens (tertiary/aromatic N) is 2. The minimum absolute atomic E-state index is 0.280. The maximum absolute atomic E-state index is 13.3. The largest absolute Gasteiger partial charge is 0.414 e. The number of rotatable bonds is 5. The summed E-state index contributed by atoms with van der Waals surface area (Å²) < 4.78 is 11.8. The summed E-state index contributed by atoms with van der Waals surface area (Å²) >= 11 is 11.3. The van der Waals surface area contributed by atoms with Crippen molar-refractivity contribution in [3.8, 4) is 5.06 Å². The molecule has 0 atom stereocenters. The Morgan fingerprint density at radius 1 is 1.24 bits per heavy atom. The quantitative estimate of drug-likeness (QED) is 0.499. The van der Waals surface area contributed by atoms with Gasteiger partial charge < -0.3 is 25.0 Å². The van der Waals surface area contributed by atoms with Gasteiger partial charge in [0.15, 0.2) is 5.06 Å². The van der Waals surface area contributed by atoms with E-state index in [4.69, 9.17) is 21.1 Å². The van der Waals surface area contributed by atoms with Crippen molar-refractivity contribution in [3.05, 3.63) is 39.1 Å². The molecule has 2 aromatic rings. The molecule has 2 amide bonds. The number of amides is 2. The molecule has 1 aromatic carbocycles. The lowest BCUT2D eigenvalue weighted by molar-refractivity contribution is -0.122. The van der Waals surface area contributed by atoms with Crippen LogP contribution in [0, 0.1) is 0 Å². The van der Waals surface area contributed by atoms with E-state index in [9.17, 15) is 9.59 Å². The lowest BCUT2D eigenvalue weighted by Crippen LogP contribution is -2.55. The van der Waals surface area contributed by atoms with E-state index in [2.05, 4.69) is 31.6 Å². The lowest BCUT2D eigenvalue weighted by atomic mass is 9.96. The number of carbonyl (C=O) groups is 2. The second kappa shape index (κ2) is 11.1. The Morgan fingerprint density at radius 3 is 2.71 bits per heavy atom. The maximum Gasteiger partial charge on any atom is 0.414 e. The number of amidine groups is 1. The molecule has 1 aliphatic heterocycles. The van der Waals surface area contributed by atoms with Gasteiger partial charge in [0.25, 0.3) is 0 Å². The molecule has 8 nitrogen and oxygen atoms in total. The predicted molar refractivity (Wildman–Crippen MR) is 139 cm³/mol. The first-order valence-corrected chi connectivity index (χ1v) is 13.1. The van der Waals surface area contributed by atoms with Crippen LogP contribution in [0.3, 0.4) is 0 Å². The zero-order valence-corrected chi connectivity index (χ0v) is 21.9. The van der Waals surface area contributed by atoms with E-state index in [-0.39, 0.29) is 5.91 Å². The number of ether oxygens (including phenoxy) is 2. The molecule has 1 saturated heterocycles. The van der Waals surface area contributed by atoms with E-state index in [1.54, 1.807) is 25.2 Å². The zero-order valence-electron chi connectivity index (χ0n) is 18.7. The van der Waals surface area contributed by atoms with Crippen molar-refractivity contribution in [1.82, 2.24) is 5.32 Å². The number of halogens is 2. The molecule has 2 fully saturated rings. The molecule has 2 aliphatic rings. The van der Waals surface area contributed by atoms with Gasteiger partial charge in [0.05, 0.1) is 27.7 Å². The van der Waals surface area contributed by atoms with Gasteiger partial charge in [-0.25, -0.2) is 4.79 Å². The molecule has 34 heavy (non-hydrogen) atoms. The number of hydrogen-bond donors (Lipinski definition) is 2. The molecule has 0 bridgehead atoms. The fraction of sp³-hybridized carbons (Fsp3) is 0.435. The number of nitrogens with one attached hydrogen (secondary N) is 2. The molecule has 2 heterocycles. The first-order valence-electron chi connectivity index (χ1n) is 11.1. The Balaban J connectivity index is 1.46. The van der Waals surface area contributed by atoms with Crippen molar-refractivity contribution in [2.45, 2.75) is 37.6 Å². The van der Waals surface area contributed by atoms with Gasteiger partial charge in [0.1, 0.15) is 11.4 Å². The highest BCUT2D eigenvalue weighted by atomic mass is 79.9. The van der Waals surface area contributed by atoms with E-state index in [0.29, 0.717) is 54.8 Å². The minimum Gasteiger partial charge on any atom is -0.399 e. The lowest BCUT2D eigenvalue weighted by Gasteiger charge is -2.29. The van der Waals surface area contributed by atoms with Gasteiger partial charge in [-0.2, -0.15) is 0 Å². The van der Waals surface area contributed by atoms with Crippen molar-refractivity contribution in [2.75, 3.05) is 37.0 Å². The molecular weight excluding hydrogens is 544 g/mol. The molecule has 4 rings (SSSR count). The van der Waals surface area contributed by atoms with Crippen molar-refractivity contribution >= 4 is 68.1 Å². The van der Waals surface area contributed by atoms with Crippen LogP contribution in [0.5, 0.6) is 5.06 Å². The first-order chi connectivity index (χ1) is 16.4. The van der Waals surface area contributed by atoms with Crippen molar-refractivity contribution < 1.29 is 19.1 Å². The Hall–Kier alpha value is -2.14. The molecule has 182 valence electrons. The highest BCUT2D eigenvalue weighted by Gasteiger charge is 2.43. The van der Waals surface area contributed by atoms with Crippen LogP contribution in [0.15, 0.2) is 39.1 Å². The molecule has 1 saturated carbocycles. The van der Waals surface area contributed by atoms with Crippen LogP contribution in [0.4, 0.5) is 16.2 Å².